The fourth-order valence-electron chi connectivity index (χ4n) is 3.61. The molecule has 2 aromatic heterocycles. The van der Waals surface area contributed by atoms with Crippen molar-refractivity contribution in [3.05, 3.63) is 74.5 Å². The average molecular weight is 418 g/mol. The maximum atomic E-state index is 13.1. The lowest BCUT2D eigenvalue weighted by Crippen LogP contribution is -2.35. The number of hydrogen-bond donors (Lipinski definition) is 1. The smallest absolute Gasteiger partial charge is 0.323 e. The Bertz CT molecular complexity index is 1470. The van der Waals surface area contributed by atoms with Crippen molar-refractivity contribution < 1.29 is 14.7 Å². The van der Waals surface area contributed by atoms with Crippen LogP contribution in [0.15, 0.2) is 53.3 Å². The number of carboxylic acid groups (broad SMARTS) is 1. The topological polar surface area (TPSA) is 105 Å². The molecule has 30 heavy (non-hydrogen) atoms. The van der Waals surface area contributed by atoms with Crippen molar-refractivity contribution in [3.8, 4) is 11.4 Å². The third-order valence-corrected chi connectivity index (χ3v) is 6.02. The maximum absolute atomic E-state index is 13.1. The predicted molar refractivity (Wildman–Crippen MR) is 111 cm³/mol. The van der Waals surface area contributed by atoms with Gasteiger partial charge in [0.25, 0.3) is 11.5 Å². The molecule has 0 atom stereocenters. The van der Waals surface area contributed by atoms with Crippen molar-refractivity contribution in [1.82, 2.24) is 14.6 Å². The Morgan fingerprint density at radius 2 is 1.77 bits per heavy atom. The monoisotopic (exact) mass is 418 g/mol. The van der Waals surface area contributed by atoms with Crippen LogP contribution in [0.3, 0.4) is 0 Å². The summed E-state index contributed by atoms with van der Waals surface area (Å²) < 4.78 is 1.40. The molecule has 3 heterocycles. The van der Waals surface area contributed by atoms with Gasteiger partial charge in [0.15, 0.2) is 5.82 Å². The lowest BCUT2D eigenvalue weighted by molar-refractivity contribution is -0.136. The normalized spacial score (nSPS) is 15.1. The Morgan fingerprint density at radius 1 is 1.07 bits per heavy atom. The molecule has 5 rings (SSSR count). The van der Waals surface area contributed by atoms with Crippen molar-refractivity contribution in [2.45, 2.75) is 6.92 Å². The number of amides is 1. The summed E-state index contributed by atoms with van der Waals surface area (Å²) in [6.07, 6.45) is 0. The van der Waals surface area contributed by atoms with Crippen molar-refractivity contribution in [1.29, 1.82) is 0 Å². The van der Waals surface area contributed by atoms with E-state index in [4.69, 9.17) is 0 Å². The van der Waals surface area contributed by atoms with Crippen LogP contribution in [-0.4, -0.2) is 38.1 Å². The molecule has 0 saturated heterocycles. The Morgan fingerprint density at radius 3 is 2.47 bits per heavy atom. The number of carbonyl (C=O) groups excluding carboxylic acids is 1. The third kappa shape index (κ3) is 2.63. The zero-order valence-corrected chi connectivity index (χ0v) is 16.5. The first-order valence-electron chi connectivity index (χ1n) is 9.08. The standard InChI is InChI=1S/C21H14N4O4S/c1-11-6-2-3-7-12(11)18-22-21-25(23-18)20(29)17(30-21)16-13-8-4-5-9-14(13)24(19(16)28)10-15(26)27/h2-9H,10H2,1H3,(H,26,27)/b17-16-. The Kier molecular flexibility index (Phi) is 4.00. The van der Waals surface area contributed by atoms with Gasteiger partial charge in [-0.15, -0.1) is 5.10 Å². The highest BCUT2D eigenvalue weighted by atomic mass is 32.1. The van der Waals surface area contributed by atoms with Crippen LogP contribution in [0.25, 0.3) is 21.9 Å². The van der Waals surface area contributed by atoms with Gasteiger partial charge in [-0.2, -0.15) is 9.50 Å². The molecule has 2 aromatic carbocycles. The number of fused-ring (bicyclic) bond motifs is 2. The van der Waals surface area contributed by atoms with E-state index in [2.05, 4.69) is 10.1 Å². The number of para-hydroxylation sites is 1. The van der Waals surface area contributed by atoms with Crippen LogP contribution in [0, 0.1) is 6.92 Å². The molecule has 0 fully saturated rings. The second-order valence-electron chi connectivity index (χ2n) is 6.86. The van der Waals surface area contributed by atoms with Gasteiger partial charge in [0.1, 0.15) is 11.1 Å². The van der Waals surface area contributed by atoms with E-state index in [1.807, 2.05) is 31.2 Å². The molecular formula is C21H14N4O4S. The fraction of sp³-hybridized carbons (Fsp3) is 0.0952. The highest BCUT2D eigenvalue weighted by molar-refractivity contribution is 7.15. The largest absolute Gasteiger partial charge is 0.480 e. The van der Waals surface area contributed by atoms with Gasteiger partial charge in [0, 0.05) is 11.1 Å². The minimum atomic E-state index is -1.13. The van der Waals surface area contributed by atoms with Crippen LogP contribution in [-0.2, 0) is 9.59 Å². The van der Waals surface area contributed by atoms with Gasteiger partial charge >= 0.3 is 5.97 Å². The second kappa shape index (κ2) is 6.60. The van der Waals surface area contributed by atoms with E-state index in [-0.39, 0.29) is 10.1 Å². The number of aromatic nitrogens is 3. The van der Waals surface area contributed by atoms with E-state index >= 15 is 0 Å². The molecule has 8 nitrogen and oxygen atoms in total. The number of aliphatic carboxylic acids is 1. The SMILES string of the molecule is Cc1ccccc1-c1nc2s/c(=C3\C(=O)N(CC(=O)O)c4ccccc43)c(=O)n2n1. The van der Waals surface area contributed by atoms with Gasteiger partial charge in [-0.1, -0.05) is 53.8 Å². The van der Waals surface area contributed by atoms with Crippen LogP contribution in [0.2, 0.25) is 0 Å². The molecule has 4 aromatic rings. The first-order chi connectivity index (χ1) is 14.5. The molecule has 1 N–H and O–H groups in total. The molecule has 0 bridgehead atoms. The second-order valence-corrected chi connectivity index (χ2v) is 7.84. The summed E-state index contributed by atoms with van der Waals surface area (Å²) in [5.41, 5.74) is 2.56. The van der Waals surface area contributed by atoms with Gasteiger partial charge in [0.2, 0.25) is 4.96 Å². The number of hydrogen-bond acceptors (Lipinski definition) is 6. The number of carbonyl (C=O) groups is 2. The lowest BCUT2D eigenvalue weighted by atomic mass is 10.1. The van der Waals surface area contributed by atoms with Crippen molar-refractivity contribution >= 4 is 39.4 Å². The first-order valence-corrected chi connectivity index (χ1v) is 9.90. The van der Waals surface area contributed by atoms with Crippen LogP contribution >= 0.6 is 11.3 Å². The number of aryl methyl sites for hydroxylation is 1. The van der Waals surface area contributed by atoms with Gasteiger partial charge in [-0.3, -0.25) is 19.3 Å². The van der Waals surface area contributed by atoms with Gasteiger partial charge in [-0.05, 0) is 18.6 Å². The van der Waals surface area contributed by atoms with Crippen molar-refractivity contribution in [2.75, 3.05) is 11.4 Å². The van der Waals surface area contributed by atoms with Crippen molar-refractivity contribution in [2.24, 2.45) is 0 Å². The summed E-state index contributed by atoms with van der Waals surface area (Å²) in [5, 5.41) is 13.5. The predicted octanol–water partition coefficient (Wildman–Crippen LogP) is 1.48. The van der Waals surface area contributed by atoms with Crippen LogP contribution in [0.1, 0.15) is 11.1 Å². The minimum absolute atomic E-state index is 0.187. The van der Waals surface area contributed by atoms with E-state index in [9.17, 15) is 19.5 Å². The first kappa shape index (κ1) is 18.2. The van der Waals surface area contributed by atoms with Crippen LogP contribution in [0.4, 0.5) is 5.69 Å². The minimum Gasteiger partial charge on any atom is -0.480 e. The zero-order chi connectivity index (χ0) is 21.0. The molecule has 0 spiro atoms. The van der Waals surface area contributed by atoms with E-state index in [0.29, 0.717) is 22.0 Å². The molecule has 1 aliphatic heterocycles. The van der Waals surface area contributed by atoms with E-state index in [0.717, 1.165) is 22.5 Å². The summed E-state index contributed by atoms with van der Waals surface area (Å²) in [6.45, 7) is 1.46. The highest BCUT2D eigenvalue weighted by Gasteiger charge is 2.35. The number of rotatable bonds is 3. The Hall–Kier alpha value is -3.85. The summed E-state index contributed by atoms with van der Waals surface area (Å²) in [5.74, 6) is -1.20. The van der Waals surface area contributed by atoms with Gasteiger partial charge < -0.3 is 5.11 Å². The summed E-state index contributed by atoms with van der Waals surface area (Å²) in [7, 11) is 0. The summed E-state index contributed by atoms with van der Waals surface area (Å²) in [4.78, 5) is 43.4. The maximum Gasteiger partial charge on any atom is 0.323 e. The quantitative estimate of drug-likeness (QED) is 0.540. The molecule has 1 amide bonds. The van der Waals surface area contributed by atoms with Gasteiger partial charge in [0.05, 0.1) is 11.3 Å². The summed E-state index contributed by atoms with van der Waals surface area (Å²) >= 11 is 1.08. The average Bonchev–Trinajstić information content (AvgIpc) is 3.34. The number of anilines is 1. The number of thiazole rings is 1. The molecule has 1 aliphatic rings. The summed E-state index contributed by atoms with van der Waals surface area (Å²) in [6, 6.07) is 14.5. The molecule has 9 heteroatoms. The number of nitrogens with zero attached hydrogens (tertiary/aromatic N) is 4. The van der Waals surface area contributed by atoms with E-state index in [1.54, 1.807) is 24.3 Å². The molecule has 0 aliphatic carbocycles. The van der Waals surface area contributed by atoms with E-state index in [1.165, 1.54) is 9.42 Å². The molecular weight excluding hydrogens is 404 g/mol. The lowest BCUT2D eigenvalue weighted by Gasteiger charge is -2.13. The molecule has 0 radical (unpaired) electrons. The Balaban J connectivity index is 1.73. The number of carboxylic acids is 1. The van der Waals surface area contributed by atoms with E-state index < -0.39 is 24.0 Å². The molecule has 0 unspecified atom stereocenters. The highest BCUT2D eigenvalue weighted by Crippen LogP contribution is 2.35. The van der Waals surface area contributed by atoms with Crippen LogP contribution in [0.5, 0.6) is 0 Å². The van der Waals surface area contributed by atoms with Gasteiger partial charge in [-0.25, -0.2) is 0 Å². The van der Waals surface area contributed by atoms with Crippen LogP contribution < -0.4 is 15.0 Å². The Labute approximate surface area is 173 Å². The number of benzene rings is 2. The zero-order valence-electron chi connectivity index (χ0n) is 15.7. The molecule has 0 saturated carbocycles. The van der Waals surface area contributed by atoms with Crippen molar-refractivity contribution in [3.63, 3.8) is 0 Å². The third-order valence-electron chi connectivity index (χ3n) is 4.99. The fourth-order valence-corrected chi connectivity index (χ4v) is 4.61. The molecule has 148 valence electrons.